The number of nitrogens with zero attached hydrogens (tertiary/aromatic N) is 3. The van der Waals surface area contributed by atoms with Gasteiger partial charge in [0.1, 0.15) is 0 Å². The first-order valence-corrected chi connectivity index (χ1v) is 5.46. The van der Waals surface area contributed by atoms with Gasteiger partial charge < -0.3 is 9.88 Å². The number of hydrogen-bond donors (Lipinski definition) is 2. The summed E-state index contributed by atoms with van der Waals surface area (Å²) in [4.78, 5) is 4.16. The van der Waals surface area contributed by atoms with Crippen molar-refractivity contribution in [3.05, 3.63) is 36.2 Å². The Labute approximate surface area is 94.9 Å². The molecule has 0 spiro atoms. The van der Waals surface area contributed by atoms with Gasteiger partial charge in [-0.3, -0.25) is 5.10 Å². The Morgan fingerprint density at radius 1 is 1.38 bits per heavy atom. The highest BCUT2D eigenvalue weighted by Crippen LogP contribution is 2.08. The fraction of sp³-hybridized carbons (Fsp3) is 0.455. The summed E-state index contributed by atoms with van der Waals surface area (Å²) in [6.45, 7) is 5.95. The molecule has 2 N–H and O–H groups in total. The van der Waals surface area contributed by atoms with Crippen LogP contribution in [0.5, 0.6) is 0 Å². The first-order valence-electron chi connectivity index (χ1n) is 5.46. The molecular weight excluding hydrogens is 202 g/mol. The highest BCUT2D eigenvalue weighted by molar-refractivity contribution is 5.03. The number of imidazole rings is 1. The molecule has 2 aromatic heterocycles. The maximum Gasteiger partial charge on any atom is 0.0951 e. The van der Waals surface area contributed by atoms with Crippen LogP contribution in [0.4, 0.5) is 0 Å². The molecule has 16 heavy (non-hydrogen) atoms. The first kappa shape index (κ1) is 10.9. The van der Waals surface area contributed by atoms with Crippen molar-refractivity contribution in [2.75, 3.05) is 0 Å². The minimum atomic E-state index is 0.452. The second-order valence-electron chi connectivity index (χ2n) is 4.10. The Balaban J connectivity index is 1.87. The molecule has 5 heteroatoms. The third-order valence-corrected chi connectivity index (χ3v) is 2.49. The van der Waals surface area contributed by atoms with E-state index in [0.29, 0.717) is 6.04 Å². The van der Waals surface area contributed by atoms with Gasteiger partial charge in [-0.05, 0) is 13.8 Å². The number of hydrogen-bond acceptors (Lipinski definition) is 3. The van der Waals surface area contributed by atoms with Crippen LogP contribution in [0.15, 0.2) is 24.9 Å². The molecule has 0 fully saturated rings. The molecule has 2 rings (SSSR count). The van der Waals surface area contributed by atoms with Crippen LogP contribution in [0, 0.1) is 0 Å². The molecule has 0 radical (unpaired) electrons. The number of aromatic amines is 1. The highest BCUT2D eigenvalue weighted by atomic mass is 15.1. The van der Waals surface area contributed by atoms with Gasteiger partial charge in [-0.1, -0.05) is 0 Å². The van der Waals surface area contributed by atoms with E-state index in [1.54, 1.807) is 0 Å². The Hall–Kier alpha value is -1.62. The molecule has 0 saturated carbocycles. The summed E-state index contributed by atoms with van der Waals surface area (Å²) < 4.78 is 2.17. The fourth-order valence-corrected chi connectivity index (χ4v) is 1.64. The van der Waals surface area contributed by atoms with Crippen molar-refractivity contribution in [3.8, 4) is 0 Å². The van der Waals surface area contributed by atoms with Crippen molar-refractivity contribution in [1.29, 1.82) is 0 Å². The van der Waals surface area contributed by atoms with E-state index < -0.39 is 0 Å². The predicted molar refractivity (Wildman–Crippen MR) is 61.7 cm³/mol. The summed E-state index contributed by atoms with van der Waals surface area (Å²) in [7, 11) is 0. The van der Waals surface area contributed by atoms with E-state index in [-0.39, 0.29) is 0 Å². The first-order chi connectivity index (χ1) is 7.77. The molecule has 86 valence electrons. The van der Waals surface area contributed by atoms with Gasteiger partial charge in [0.25, 0.3) is 0 Å². The zero-order valence-corrected chi connectivity index (χ0v) is 9.64. The molecule has 0 aliphatic rings. The molecule has 0 aromatic carbocycles. The Morgan fingerprint density at radius 2 is 2.25 bits per heavy atom. The van der Waals surface area contributed by atoms with Crippen LogP contribution in [0.2, 0.25) is 0 Å². The third kappa shape index (κ3) is 2.49. The average molecular weight is 219 g/mol. The third-order valence-electron chi connectivity index (χ3n) is 2.49. The molecule has 0 aliphatic carbocycles. The molecule has 0 unspecified atom stereocenters. The van der Waals surface area contributed by atoms with Crippen LogP contribution >= 0.6 is 0 Å². The number of rotatable bonds is 5. The Bertz CT molecular complexity index is 415. The van der Waals surface area contributed by atoms with Gasteiger partial charge in [0.15, 0.2) is 0 Å². The molecular formula is C11H17N5. The molecule has 2 heterocycles. The Morgan fingerprint density at radius 3 is 2.94 bits per heavy atom. The van der Waals surface area contributed by atoms with Crippen molar-refractivity contribution in [1.82, 2.24) is 25.1 Å². The lowest BCUT2D eigenvalue weighted by Gasteiger charge is -2.11. The lowest BCUT2D eigenvalue weighted by molar-refractivity contribution is 0.550. The normalized spacial score (nSPS) is 11.2. The van der Waals surface area contributed by atoms with Gasteiger partial charge >= 0.3 is 0 Å². The van der Waals surface area contributed by atoms with Crippen LogP contribution in [0.3, 0.4) is 0 Å². The second-order valence-corrected chi connectivity index (χ2v) is 4.10. The maximum absolute atomic E-state index is 4.16. The minimum Gasteiger partial charge on any atom is -0.331 e. The van der Waals surface area contributed by atoms with Gasteiger partial charge in [-0.15, -0.1) is 0 Å². The van der Waals surface area contributed by atoms with Crippen LogP contribution in [0.1, 0.15) is 31.1 Å². The zero-order chi connectivity index (χ0) is 11.4. The van der Waals surface area contributed by atoms with E-state index >= 15 is 0 Å². The molecule has 0 aliphatic heterocycles. The van der Waals surface area contributed by atoms with E-state index in [9.17, 15) is 0 Å². The van der Waals surface area contributed by atoms with Gasteiger partial charge in [0.2, 0.25) is 0 Å². The molecule has 0 saturated heterocycles. The zero-order valence-electron chi connectivity index (χ0n) is 9.64. The second kappa shape index (κ2) is 4.94. The molecule has 0 bridgehead atoms. The van der Waals surface area contributed by atoms with Crippen molar-refractivity contribution in [2.24, 2.45) is 0 Å². The summed E-state index contributed by atoms with van der Waals surface area (Å²) in [6, 6.07) is 0.452. The van der Waals surface area contributed by atoms with Crippen molar-refractivity contribution in [2.45, 2.75) is 33.0 Å². The Kier molecular flexibility index (Phi) is 3.36. The average Bonchev–Trinajstić information content (AvgIpc) is 2.87. The van der Waals surface area contributed by atoms with E-state index in [1.165, 1.54) is 5.69 Å². The van der Waals surface area contributed by atoms with Gasteiger partial charge in [0, 0.05) is 37.1 Å². The monoisotopic (exact) mass is 219 g/mol. The summed E-state index contributed by atoms with van der Waals surface area (Å²) in [5.41, 5.74) is 2.37. The molecule has 0 atom stereocenters. The summed E-state index contributed by atoms with van der Waals surface area (Å²) in [5, 5.41) is 10.1. The molecule has 2 aromatic rings. The minimum absolute atomic E-state index is 0.452. The van der Waals surface area contributed by atoms with E-state index in [0.717, 1.165) is 18.7 Å². The van der Waals surface area contributed by atoms with Crippen LogP contribution in [-0.4, -0.2) is 19.7 Å². The topological polar surface area (TPSA) is 58.5 Å². The smallest absolute Gasteiger partial charge is 0.0951 e. The van der Waals surface area contributed by atoms with Crippen molar-refractivity contribution in [3.63, 3.8) is 0 Å². The predicted octanol–water partition coefficient (Wildman–Crippen LogP) is 1.48. The molecule has 0 amide bonds. The van der Waals surface area contributed by atoms with Crippen LogP contribution in [0.25, 0.3) is 0 Å². The van der Waals surface area contributed by atoms with E-state index in [4.69, 9.17) is 0 Å². The summed E-state index contributed by atoms with van der Waals surface area (Å²) in [6.07, 6.45) is 7.50. The largest absolute Gasteiger partial charge is 0.331 e. The highest BCUT2D eigenvalue weighted by Gasteiger charge is 2.04. The maximum atomic E-state index is 4.16. The fourth-order valence-electron chi connectivity index (χ4n) is 1.64. The van der Waals surface area contributed by atoms with E-state index in [2.05, 4.69) is 38.9 Å². The van der Waals surface area contributed by atoms with Crippen LogP contribution in [-0.2, 0) is 13.1 Å². The SMILES string of the molecule is CC(C)n1cncc1CNCc1cn[nH]c1. The van der Waals surface area contributed by atoms with Gasteiger partial charge in [-0.2, -0.15) is 5.10 Å². The lowest BCUT2D eigenvalue weighted by atomic mass is 10.3. The number of nitrogens with one attached hydrogen (secondary N) is 2. The van der Waals surface area contributed by atoms with E-state index in [1.807, 2.05) is 24.9 Å². The number of aromatic nitrogens is 4. The van der Waals surface area contributed by atoms with Gasteiger partial charge in [0.05, 0.1) is 18.2 Å². The quantitative estimate of drug-likeness (QED) is 0.800. The van der Waals surface area contributed by atoms with Crippen LogP contribution < -0.4 is 5.32 Å². The lowest BCUT2D eigenvalue weighted by Crippen LogP contribution is -2.16. The number of H-pyrrole nitrogens is 1. The molecule has 5 nitrogen and oxygen atoms in total. The summed E-state index contributed by atoms with van der Waals surface area (Å²) >= 11 is 0. The summed E-state index contributed by atoms with van der Waals surface area (Å²) in [5.74, 6) is 0. The van der Waals surface area contributed by atoms with Gasteiger partial charge in [-0.25, -0.2) is 4.98 Å². The standard InChI is InChI=1S/C11H17N5/c1-9(2)16-8-13-7-11(16)6-12-3-10-4-14-15-5-10/h4-5,7-9,12H,3,6H2,1-2H3,(H,14,15). The van der Waals surface area contributed by atoms with Crippen molar-refractivity contribution < 1.29 is 0 Å². The van der Waals surface area contributed by atoms with Crippen molar-refractivity contribution >= 4 is 0 Å².